The van der Waals surface area contributed by atoms with Crippen LogP contribution >= 0.6 is 0 Å². The van der Waals surface area contributed by atoms with Crippen LogP contribution in [0.5, 0.6) is 0 Å². The van der Waals surface area contributed by atoms with Crippen LogP contribution in [0.1, 0.15) is 65.5 Å². The molecule has 0 bridgehead atoms. The SMILES string of the molecule is c1ccc2c(c1)-c1ccc(N(c3ccc4c5ccccc5c5ccccc5c4c3)c3cc4c(cc3-c3cc5ccccc5c5ccccc35)-c3ccccc3C43c4ccccc4-c4ccccc43)cc1C21CCCCC1. The van der Waals surface area contributed by atoms with Crippen molar-refractivity contribution in [1.82, 2.24) is 0 Å². The van der Waals surface area contributed by atoms with E-state index in [1.54, 1.807) is 0 Å². The molecular weight excluding hydrogens is 915 g/mol. The highest BCUT2D eigenvalue weighted by Gasteiger charge is 2.52. The highest BCUT2D eigenvalue weighted by molar-refractivity contribution is 6.26. The maximum atomic E-state index is 2.67. The molecule has 13 aromatic rings. The van der Waals surface area contributed by atoms with Gasteiger partial charge in [0.25, 0.3) is 0 Å². The number of hydrogen-bond donors (Lipinski definition) is 0. The van der Waals surface area contributed by atoms with Gasteiger partial charge in [-0.1, -0.05) is 226 Å². The zero-order valence-corrected chi connectivity index (χ0v) is 42.2. The summed E-state index contributed by atoms with van der Waals surface area (Å²) in [5, 5.41) is 12.7. The van der Waals surface area contributed by atoms with E-state index >= 15 is 0 Å². The van der Waals surface area contributed by atoms with Gasteiger partial charge in [-0.05, 0) is 181 Å². The molecule has 76 heavy (non-hydrogen) atoms. The fraction of sp³-hybridized carbons (Fsp3) is 0.0933. The van der Waals surface area contributed by atoms with Crippen LogP contribution in [0.3, 0.4) is 0 Å². The summed E-state index contributed by atoms with van der Waals surface area (Å²) >= 11 is 0. The Morgan fingerprint density at radius 1 is 0.250 bits per heavy atom. The zero-order valence-electron chi connectivity index (χ0n) is 42.2. The lowest BCUT2D eigenvalue weighted by atomic mass is 9.68. The van der Waals surface area contributed by atoms with Gasteiger partial charge in [0.05, 0.1) is 11.1 Å². The van der Waals surface area contributed by atoms with Gasteiger partial charge in [0.2, 0.25) is 0 Å². The van der Waals surface area contributed by atoms with E-state index < -0.39 is 5.41 Å². The van der Waals surface area contributed by atoms with Gasteiger partial charge < -0.3 is 4.90 Å². The normalized spacial score (nSPS) is 15.1. The fourth-order valence-corrected chi connectivity index (χ4v) is 15.5. The van der Waals surface area contributed by atoms with Crippen LogP contribution in [-0.4, -0.2) is 0 Å². The zero-order chi connectivity index (χ0) is 49.7. The van der Waals surface area contributed by atoms with Gasteiger partial charge in [-0.15, -0.1) is 0 Å². The maximum absolute atomic E-state index is 2.67. The van der Waals surface area contributed by atoms with Crippen LogP contribution < -0.4 is 4.90 Å². The molecule has 0 aliphatic heterocycles. The Morgan fingerprint density at radius 3 is 1.33 bits per heavy atom. The Kier molecular flexibility index (Phi) is 8.77. The van der Waals surface area contributed by atoms with Crippen molar-refractivity contribution in [2.45, 2.75) is 42.9 Å². The number of nitrogens with zero attached hydrogens (tertiary/aromatic N) is 1. The first-order valence-corrected chi connectivity index (χ1v) is 27.5. The van der Waals surface area contributed by atoms with Crippen LogP contribution in [0.4, 0.5) is 17.1 Å². The van der Waals surface area contributed by atoms with Crippen molar-refractivity contribution in [1.29, 1.82) is 0 Å². The summed E-state index contributed by atoms with van der Waals surface area (Å²) < 4.78 is 0. The summed E-state index contributed by atoms with van der Waals surface area (Å²) in [4.78, 5) is 2.67. The second kappa shape index (κ2) is 15.7. The molecule has 0 atom stereocenters. The molecule has 1 saturated carbocycles. The molecule has 0 radical (unpaired) electrons. The van der Waals surface area contributed by atoms with Crippen molar-refractivity contribution < 1.29 is 0 Å². The van der Waals surface area contributed by atoms with E-state index in [0.717, 1.165) is 5.69 Å². The molecule has 1 nitrogen and oxygen atoms in total. The minimum atomic E-state index is -0.534. The minimum Gasteiger partial charge on any atom is -0.310 e. The molecule has 4 aliphatic rings. The van der Waals surface area contributed by atoms with Gasteiger partial charge in [-0.25, -0.2) is 0 Å². The van der Waals surface area contributed by atoms with Crippen molar-refractivity contribution in [2.24, 2.45) is 0 Å². The molecular formula is C75H51N. The number of benzene rings is 13. The molecule has 0 N–H and O–H groups in total. The Balaban J connectivity index is 1.04. The first-order valence-electron chi connectivity index (χ1n) is 27.5. The molecule has 356 valence electrons. The van der Waals surface area contributed by atoms with Gasteiger partial charge in [0, 0.05) is 22.4 Å². The van der Waals surface area contributed by atoms with Gasteiger partial charge in [0.1, 0.15) is 0 Å². The molecule has 0 heterocycles. The molecule has 0 amide bonds. The summed E-state index contributed by atoms with van der Waals surface area (Å²) in [6.45, 7) is 0. The Morgan fingerprint density at radius 2 is 0.697 bits per heavy atom. The Labute approximate surface area is 443 Å². The fourth-order valence-electron chi connectivity index (χ4n) is 15.5. The number of rotatable bonds is 4. The number of hydrogen-bond acceptors (Lipinski definition) is 1. The smallest absolute Gasteiger partial charge is 0.0726 e. The van der Waals surface area contributed by atoms with E-state index in [1.807, 2.05) is 0 Å². The van der Waals surface area contributed by atoms with Crippen molar-refractivity contribution in [3.05, 3.63) is 282 Å². The maximum Gasteiger partial charge on any atom is 0.0726 e. The van der Waals surface area contributed by atoms with Gasteiger partial charge in [-0.2, -0.15) is 0 Å². The molecule has 0 aromatic heterocycles. The number of fused-ring (bicyclic) bond motifs is 24. The van der Waals surface area contributed by atoms with E-state index in [0.29, 0.717) is 0 Å². The van der Waals surface area contributed by atoms with Gasteiger partial charge >= 0.3 is 0 Å². The molecule has 2 spiro atoms. The van der Waals surface area contributed by atoms with Crippen molar-refractivity contribution in [2.75, 3.05) is 4.90 Å². The highest BCUT2D eigenvalue weighted by atomic mass is 15.1. The Hall–Kier alpha value is -9.04. The van der Waals surface area contributed by atoms with Crippen LogP contribution in [-0.2, 0) is 10.8 Å². The van der Waals surface area contributed by atoms with Crippen LogP contribution in [0.2, 0.25) is 0 Å². The summed E-state index contributed by atoms with van der Waals surface area (Å²) in [6, 6.07) is 95.8. The van der Waals surface area contributed by atoms with E-state index in [-0.39, 0.29) is 5.41 Å². The predicted octanol–water partition coefficient (Wildman–Crippen LogP) is 20.2. The lowest BCUT2D eigenvalue weighted by molar-refractivity contribution is 0.353. The third kappa shape index (κ3) is 5.54. The van der Waals surface area contributed by atoms with Crippen LogP contribution in [0, 0.1) is 0 Å². The van der Waals surface area contributed by atoms with E-state index in [9.17, 15) is 0 Å². The number of anilines is 3. The summed E-state index contributed by atoms with van der Waals surface area (Å²) in [5.41, 5.74) is 21.8. The van der Waals surface area contributed by atoms with Gasteiger partial charge in [-0.3, -0.25) is 0 Å². The van der Waals surface area contributed by atoms with Crippen molar-refractivity contribution in [3.63, 3.8) is 0 Å². The van der Waals surface area contributed by atoms with Crippen molar-refractivity contribution in [3.8, 4) is 44.5 Å². The molecule has 0 unspecified atom stereocenters. The van der Waals surface area contributed by atoms with E-state index in [2.05, 4.69) is 254 Å². The summed E-state index contributed by atoms with van der Waals surface area (Å²) in [5.74, 6) is 0. The molecule has 13 aromatic carbocycles. The molecule has 1 heteroatoms. The van der Waals surface area contributed by atoms with Crippen LogP contribution in [0.15, 0.2) is 249 Å². The van der Waals surface area contributed by atoms with Gasteiger partial charge in [0.15, 0.2) is 0 Å². The average Bonchev–Trinajstić information content (AvgIpc) is 4.26. The summed E-state index contributed by atoms with van der Waals surface area (Å²) in [7, 11) is 0. The molecule has 4 aliphatic carbocycles. The Bertz CT molecular complexity index is 4560. The third-order valence-corrected chi connectivity index (χ3v) is 18.6. The minimum absolute atomic E-state index is 0.0252. The standard InChI is InChI=1S/C75H51N/c1-18-40-74(41-19-1)67-32-14-10-28-58(67)62-39-37-49(44-71(62)74)76(48-36-38-57-54-25-6-5-23-52(54)53-24-7-9-27-56(53)64(57)43-48)73-46-72-65(45-66(73)63-42-47-20-2-3-21-50(47)51-22-4-8-26-55(51)63)61-31-13-17-35-70(61)75(72)68-33-15-11-29-59(68)60-30-12-16-34-69(60)75/h2-17,20-39,42-46H,1,18-19,40-41H2. The highest BCUT2D eigenvalue weighted by Crippen LogP contribution is 2.65. The van der Waals surface area contributed by atoms with E-state index in [1.165, 1.54) is 175 Å². The predicted molar refractivity (Wildman–Crippen MR) is 320 cm³/mol. The second-order valence-corrected chi connectivity index (χ2v) is 22.1. The first kappa shape index (κ1) is 42.3. The quantitative estimate of drug-likeness (QED) is 0.159. The van der Waals surface area contributed by atoms with E-state index in [4.69, 9.17) is 0 Å². The third-order valence-electron chi connectivity index (χ3n) is 18.6. The topological polar surface area (TPSA) is 3.24 Å². The molecule has 1 fully saturated rings. The van der Waals surface area contributed by atoms with Crippen LogP contribution in [0.25, 0.3) is 98.4 Å². The summed E-state index contributed by atoms with van der Waals surface area (Å²) in [6.07, 6.45) is 6.11. The average molecular weight is 966 g/mol. The molecule has 0 saturated heterocycles. The monoisotopic (exact) mass is 965 g/mol. The lowest BCUT2D eigenvalue weighted by Crippen LogP contribution is -2.28. The second-order valence-electron chi connectivity index (χ2n) is 22.1. The largest absolute Gasteiger partial charge is 0.310 e. The first-order chi connectivity index (χ1) is 37.7. The lowest BCUT2D eigenvalue weighted by Gasteiger charge is -2.37. The molecule has 17 rings (SSSR count). The van der Waals surface area contributed by atoms with Crippen molar-refractivity contribution >= 4 is 70.9 Å².